The predicted octanol–water partition coefficient (Wildman–Crippen LogP) is 3.62. The van der Waals surface area contributed by atoms with Crippen molar-refractivity contribution in [2.75, 3.05) is 45.7 Å². The summed E-state index contributed by atoms with van der Waals surface area (Å²) in [6.07, 6.45) is 5.02. The minimum absolute atomic E-state index is 0.413. The molecule has 0 amide bonds. The molecule has 1 aromatic carbocycles. The third kappa shape index (κ3) is 5.00. The fourth-order valence-electron chi connectivity index (χ4n) is 3.74. The Morgan fingerprint density at radius 3 is 2.81 bits per heavy atom. The Hall–Kier alpha value is -1.08. The molecule has 1 atom stereocenters. The molecule has 5 nitrogen and oxygen atoms in total. The number of piperidine rings is 1. The topological polar surface area (TPSA) is 37.0 Å². The first-order chi connectivity index (χ1) is 12.6. The number of likely N-dealkylation sites (N-methyl/N-ethyl adjacent to an activating group) is 1. The number of hydrogen-bond acceptors (Lipinski definition) is 4. The van der Waals surface area contributed by atoms with E-state index in [1.165, 1.54) is 12.8 Å². The highest BCUT2D eigenvalue weighted by Crippen LogP contribution is 2.28. The predicted molar refractivity (Wildman–Crippen MR) is 110 cm³/mol. The summed E-state index contributed by atoms with van der Waals surface area (Å²) in [5, 5.41) is 4.67. The first-order valence-corrected chi connectivity index (χ1v) is 10.1. The number of thiocarbonyl (C=S) groups is 1. The molecule has 7 heteroatoms. The number of hydrogen-bond donors (Lipinski definition) is 1. The van der Waals surface area contributed by atoms with Crippen LogP contribution in [0.5, 0.6) is 5.75 Å². The van der Waals surface area contributed by atoms with E-state index in [1.807, 2.05) is 18.2 Å². The molecule has 1 N–H and O–H groups in total. The van der Waals surface area contributed by atoms with Gasteiger partial charge in [0.05, 0.1) is 18.9 Å². The van der Waals surface area contributed by atoms with E-state index in [-0.39, 0.29) is 0 Å². The lowest BCUT2D eigenvalue weighted by Crippen LogP contribution is -2.48. The van der Waals surface area contributed by atoms with Crippen LogP contribution in [0.25, 0.3) is 0 Å². The van der Waals surface area contributed by atoms with Crippen molar-refractivity contribution in [3.8, 4) is 5.75 Å². The lowest BCUT2D eigenvalue weighted by atomic mass is 10.0. The maximum absolute atomic E-state index is 6.10. The number of halogens is 1. The van der Waals surface area contributed by atoms with Crippen molar-refractivity contribution >= 4 is 34.6 Å². The van der Waals surface area contributed by atoms with Crippen LogP contribution in [-0.2, 0) is 4.74 Å². The molecule has 26 heavy (non-hydrogen) atoms. The quantitative estimate of drug-likeness (QED) is 0.765. The monoisotopic (exact) mass is 397 g/mol. The molecule has 1 aromatic rings. The van der Waals surface area contributed by atoms with Crippen molar-refractivity contribution in [2.24, 2.45) is 0 Å². The summed E-state index contributed by atoms with van der Waals surface area (Å²) in [6.45, 7) is 3.86. The second kappa shape index (κ2) is 9.22. The van der Waals surface area contributed by atoms with E-state index in [2.05, 4.69) is 22.2 Å². The van der Waals surface area contributed by atoms with Gasteiger partial charge in [-0.3, -0.25) is 0 Å². The van der Waals surface area contributed by atoms with Crippen LogP contribution in [0.15, 0.2) is 18.2 Å². The van der Waals surface area contributed by atoms with E-state index in [9.17, 15) is 0 Å². The summed E-state index contributed by atoms with van der Waals surface area (Å²) in [7, 11) is 3.86. The van der Waals surface area contributed by atoms with Gasteiger partial charge in [0.15, 0.2) is 5.11 Å². The van der Waals surface area contributed by atoms with Crippen LogP contribution < -0.4 is 10.1 Å². The van der Waals surface area contributed by atoms with E-state index < -0.39 is 0 Å². The Bertz CT molecular complexity index is 617. The maximum atomic E-state index is 6.10. The van der Waals surface area contributed by atoms with Gasteiger partial charge in [0.2, 0.25) is 0 Å². The van der Waals surface area contributed by atoms with E-state index in [0.717, 1.165) is 55.6 Å². The molecule has 1 unspecified atom stereocenters. The van der Waals surface area contributed by atoms with Crippen LogP contribution in [0.2, 0.25) is 5.02 Å². The highest BCUT2D eigenvalue weighted by molar-refractivity contribution is 7.80. The molecule has 0 bridgehead atoms. The molecular weight excluding hydrogens is 370 g/mol. The number of likely N-dealkylation sites (tertiary alicyclic amines) is 1. The molecule has 2 saturated heterocycles. The van der Waals surface area contributed by atoms with E-state index in [0.29, 0.717) is 17.2 Å². The van der Waals surface area contributed by atoms with Gasteiger partial charge in [-0.2, -0.15) is 0 Å². The highest BCUT2D eigenvalue weighted by atomic mass is 35.5. The molecule has 2 heterocycles. The normalized spacial score (nSPS) is 21.2. The summed E-state index contributed by atoms with van der Waals surface area (Å²) in [5.41, 5.74) is 0.808. The first kappa shape index (κ1) is 19.7. The van der Waals surface area contributed by atoms with Crippen molar-refractivity contribution in [3.63, 3.8) is 0 Å². The summed E-state index contributed by atoms with van der Waals surface area (Å²) in [6, 6.07) is 6.09. The van der Waals surface area contributed by atoms with Crippen molar-refractivity contribution < 1.29 is 9.47 Å². The van der Waals surface area contributed by atoms with Crippen molar-refractivity contribution in [2.45, 2.75) is 37.8 Å². The third-order valence-corrected chi connectivity index (χ3v) is 5.89. The van der Waals surface area contributed by atoms with Crippen LogP contribution in [0.4, 0.5) is 5.69 Å². The number of nitrogens with zero attached hydrogens (tertiary/aromatic N) is 2. The Morgan fingerprint density at radius 1 is 1.38 bits per heavy atom. The number of benzene rings is 1. The Labute approximate surface area is 166 Å². The molecule has 3 rings (SSSR count). The van der Waals surface area contributed by atoms with Gasteiger partial charge in [0.1, 0.15) is 5.75 Å². The minimum Gasteiger partial charge on any atom is -0.495 e. The third-order valence-electron chi connectivity index (χ3n) is 5.29. The first-order valence-electron chi connectivity index (χ1n) is 9.28. The Kier molecular flexibility index (Phi) is 6.98. The summed E-state index contributed by atoms with van der Waals surface area (Å²) in [5.74, 6) is 0.739. The number of methoxy groups -OCH3 is 1. The molecule has 2 aliphatic rings. The maximum Gasteiger partial charge on any atom is 0.173 e. The number of anilines is 1. The average molecular weight is 398 g/mol. The fraction of sp³-hybridized carbons (Fsp3) is 0.632. The standard InChI is InChI=1S/C19H28ClN3O2S/c1-22(13-16-4-3-11-25-16)15-7-9-23(10-8-15)19(26)21-17-12-14(20)5-6-18(17)24-2/h5-6,12,15-16H,3-4,7-11,13H2,1-2H3,(H,21,26). The Balaban J connectivity index is 1.49. The van der Waals surface area contributed by atoms with Crippen molar-refractivity contribution in [1.29, 1.82) is 0 Å². The second-order valence-electron chi connectivity index (χ2n) is 7.07. The van der Waals surface area contributed by atoms with Gasteiger partial charge in [-0.05, 0) is 63.1 Å². The van der Waals surface area contributed by atoms with E-state index in [1.54, 1.807) is 7.11 Å². The minimum atomic E-state index is 0.413. The molecule has 2 fully saturated rings. The van der Waals surface area contributed by atoms with Crippen molar-refractivity contribution in [3.05, 3.63) is 23.2 Å². The zero-order valence-electron chi connectivity index (χ0n) is 15.5. The summed E-state index contributed by atoms with van der Waals surface area (Å²) >= 11 is 11.7. The largest absolute Gasteiger partial charge is 0.495 e. The van der Waals surface area contributed by atoms with E-state index >= 15 is 0 Å². The molecule has 0 aliphatic carbocycles. The highest BCUT2D eigenvalue weighted by Gasteiger charge is 2.26. The second-order valence-corrected chi connectivity index (χ2v) is 7.89. The van der Waals surface area contributed by atoms with Gasteiger partial charge in [0, 0.05) is 37.3 Å². The molecule has 2 aliphatic heterocycles. The van der Waals surface area contributed by atoms with Gasteiger partial charge < -0.3 is 24.6 Å². The molecule has 0 aromatic heterocycles. The number of ether oxygens (including phenoxy) is 2. The van der Waals surface area contributed by atoms with Gasteiger partial charge in [-0.1, -0.05) is 11.6 Å². The molecule has 144 valence electrons. The van der Waals surface area contributed by atoms with Crippen LogP contribution >= 0.6 is 23.8 Å². The lowest BCUT2D eigenvalue weighted by Gasteiger charge is -2.38. The zero-order chi connectivity index (χ0) is 18.5. The fourth-order valence-corrected chi connectivity index (χ4v) is 4.21. The van der Waals surface area contributed by atoms with Gasteiger partial charge in [-0.25, -0.2) is 0 Å². The number of nitrogens with one attached hydrogen (secondary N) is 1. The van der Waals surface area contributed by atoms with Crippen LogP contribution in [0.3, 0.4) is 0 Å². The van der Waals surface area contributed by atoms with Crippen LogP contribution in [0, 0.1) is 0 Å². The van der Waals surface area contributed by atoms with Crippen molar-refractivity contribution in [1.82, 2.24) is 9.80 Å². The summed E-state index contributed by atoms with van der Waals surface area (Å²) < 4.78 is 11.1. The summed E-state index contributed by atoms with van der Waals surface area (Å²) in [4.78, 5) is 4.69. The zero-order valence-corrected chi connectivity index (χ0v) is 17.1. The lowest BCUT2D eigenvalue weighted by molar-refractivity contribution is 0.0576. The van der Waals surface area contributed by atoms with Gasteiger partial charge in [-0.15, -0.1) is 0 Å². The van der Waals surface area contributed by atoms with Gasteiger partial charge in [0.25, 0.3) is 0 Å². The molecule has 0 spiro atoms. The SMILES string of the molecule is COc1ccc(Cl)cc1NC(=S)N1CCC(N(C)CC2CCCO2)CC1. The van der Waals surface area contributed by atoms with Gasteiger partial charge >= 0.3 is 0 Å². The molecular formula is C19H28ClN3O2S. The van der Waals surface area contributed by atoms with Crippen LogP contribution in [0.1, 0.15) is 25.7 Å². The smallest absolute Gasteiger partial charge is 0.173 e. The Morgan fingerprint density at radius 2 is 2.15 bits per heavy atom. The number of rotatable bonds is 5. The van der Waals surface area contributed by atoms with E-state index in [4.69, 9.17) is 33.3 Å². The van der Waals surface area contributed by atoms with Crippen LogP contribution in [-0.4, -0.2) is 67.5 Å². The average Bonchev–Trinajstić information content (AvgIpc) is 3.15. The molecule has 0 saturated carbocycles. The molecule has 0 radical (unpaired) electrons.